The molecule has 1 aromatic heterocycles. The Labute approximate surface area is 229 Å². The van der Waals surface area contributed by atoms with Crippen LogP contribution in [0, 0.1) is 0 Å². The van der Waals surface area contributed by atoms with Gasteiger partial charge in [-0.15, -0.1) is 11.3 Å². The lowest BCUT2D eigenvalue weighted by Crippen LogP contribution is -2.29. The van der Waals surface area contributed by atoms with Gasteiger partial charge >= 0.3 is 24.1 Å². The molecule has 0 bridgehead atoms. The number of amides is 1. The average Bonchev–Trinajstić information content (AvgIpc) is 3.34. The number of alkyl halides is 3. The maximum Gasteiger partial charge on any atom is 0.490 e. The van der Waals surface area contributed by atoms with Gasteiger partial charge in [0, 0.05) is 23.5 Å². The van der Waals surface area contributed by atoms with E-state index in [-0.39, 0.29) is 36.1 Å². The molecule has 0 radical (unpaired) electrons. The third-order valence-corrected chi connectivity index (χ3v) is 6.12. The van der Waals surface area contributed by atoms with Crippen molar-refractivity contribution in [1.29, 1.82) is 0 Å². The Morgan fingerprint density at radius 2 is 1.73 bits per heavy atom. The number of carboxylic acids is 2. The summed E-state index contributed by atoms with van der Waals surface area (Å²) in [5, 5.41) is 21.8. The van der Waals surface area contributed by atoms with Crippen molar-refractivity contribution in [2.24, 2.45) is 0 Å². The van der Waals surface area contributed by atoms with Crippen molar-refractivity contribution in [3.63, 3.8) is 0 Å². The number of Topliss-reactive ketones (excluding diaryl/α,β-unsaturated/α-hetero) is 1. The van der Waals surface area contributed by atoms with E-state index in [0.717, 1.165) is 25.1 Å². The summed E-state index contributed by atoms with van der Waals surface area (Å²) in [5.41, 5.74) is 1.30. The molecule has 40 heavy (non-hydrogen) atoms. The standard InChI is InChI=1S/C22H24N2O8S.C2HF3O2/c1-2-30-21(28)12-32-17-7-13(3-4-16(17)31-11-20(26)27)15(25)10-24-22(29)19-8-14-9-23-6-5-18(14)33-19;3-2(4,5)1(6)7/h3-4,7-8,23H,2,5-6,9-12H2,1H3,(H,24,29)(H,26,27);(H,6,7). The number of rotatable bonds is 11. The van der Waals surface area contributed by atoms with Gasteiger partial charge in [0.2, 0.25) is 0 Å². The van der Waals surface area contributed by atoms with Crippen LogP contribution in [-0.4, -0.2) is 78.9 Å². The van der Waals surface area contributed by atoms with E-state index < -0.39 is 43.1 Å². The van der Waals surface area contributed by atoms with E-state index in [1.54, 1.807) is 6.92 Å². The molecule has 16 heteroatoms. The molecular formula is C24H25F3N2O10S. The zero-order chi connectivity index (χ0) is 29.9. The molecule has 3 rings (SSSR count). The molecule has 0 saturated heterocycles. The van der Waals surface area contributed by atoms with Gasteiger partial charge in [-0.2, -0.15) is 13.2 Å². The molecule has 12 nitrogen and oxygen atoms in total. The monoisotopic (exact) mass is 590 g/mol. The molecule has 2 heterocycles. The van der Waals surface area contributed by atoms with Gasteiger partial charge < -0.3 is 35.1 Å². The summed E-state index contributed by atoms with van der Waals surface area (Å²) in [4.78, 5) is 58.1. The molecule has 0 fully saturated rings. The van der Waals surface area contributed by atoms with Crippen molar-refractivity contribution in [1.82, 2.24) is 10.6 Å². The molecule has 1 amide bonds. The first kappa shape index (κ1) is 32.0. The van der Waals surface area contributed by atoms with Crippen LogP contribution in [0.4, 0.5) is 13.2 Å². The van der Waals surface area contributed by atoms with Crippen LogP contribution in [-0.2, 0) is 32.1 Å². The first-order valence-electron chi connectivity index (χ1n) is 11.5. The Hall–Kier alpha value is -4.18. The number of thiophene rings is 1. The number of nitrogens with one attached hydrogen (secondary N) is 2. The number of carbonyl (C=O) groups excluding carboxylic acids is 3. The Kier molecular flexibility index (Phi) is 11.9. The van der Waals surface area contributed by atoms with Gasteiger partial charge in [-0.3, -0.25) is 9.59 Å². The highest BCUT2D eigenvalue weighted by molar-refractivity contribution is 7.14. The second-order valence-electron chi connectivity index (χ2n) is 7.83. The average molecular weight is 591 g/mol. The van der Waals surface area contributed by atoms with Crippen LogP contribution in [0.3, 0.4) is 0 Å². The maximum atomic E-state index is 12.6. The topological polar surface area (TPSA) is 178 Å². The predicted octanol–water partition coefficient (Wildman–Crippen LogP) is 2.05. The summed E-state index contributed by atoms with van der Waals surface area (Å²) in [5.74, 6) is -5.23. The minimum atomic E-state index is -5.08. The summed E-state index contributed by atoms with van der Waals surface area (Å²) in [6.45, 7) is 2.11. The van der Waals surface area contributed by atoms with Crippen LogP contribution in [0.1, 0.15) is 37.4 Å². The lowest BCUT2D eigenvalue weighted by Gasteiger charge is -2.13. The minimum Gasteiger partial charge on any atom is -0.479 e. The van der Waals surface area contributed by atoms with Gasteiger partial charge in [-0.05, 0) is 43.2 Å². The molecule has 0 saturated carbocycles. The van der Waals surface area contributed by atoms with Crippen molar-refractivity contribution in [2.75, 3.05) is 32.9 Å². The van der Waals surface area contributed by atoms with E-state index in [1.165, 1.54) is 34.4 Å². The number of halogens is 3. The predicted molar refractivity (Wildman–Crippen MR) is 132 cm³/mol. The van der Waals surface area contributed by atoms with Crippen molar-refractivity contribution in [3.05, 3.63) is 45.1 Å². The van der Waals surface area contributed by atoms with Crippen molar-refractivity contribution < 1.29 is 61.6 Å². The number of benzene rings is 1. The van der Waals surface area contributed by atoms with E-state index in [4.69, 9.17) is 29.2 Å². The molecule has 1 aliphatic rings. The quantitative estimate of drug-likeness (QED) is 0.222. The van der Waals surface area contributed by atoms with Crippen LogP contribution in [0.2, 0.25) is 0 Å². The number of ether oxygens (including phenoxy) is 3. The second kappa shape index (κ2) is 14.8. The van der Waals surface area contributed by atoms with E-state index in [1.807, 2.05) is 6.07 Å². The Bertz CT molecular complexity index is 1220. The third kappa shape index (κ3) is 10.2. The number of hydrogen-bond donors (Lipinski definition) is 4. The summed E-state index contributed by atoms with van der Waals surface area (Å²) >= 11 is 1.42. The Morgan fingerprint density at radius 3 is 2.33 bits per heavy atom. The van der Waals surface area contributed by atoms with Crippen molar-refractivity contribution in [2.45, 2.75) is 26.1 Å². The number of carbonyl (C=O) groups is 5. The molecule has 4 N–H and O–H groups in total. The number of carboxylic acid groups (broad SMARTS) is 2. The Morgan fingerprint density at radius 1 is 1.05 bits per heavy atom. The van der Waals surface area contributed by atoms with Gasteiger partial charge in [0.1, 0.15) is 0 Å². The fraction of sp³-hybridized carbons (Fsp3) is 0.375. The van der Waals surface area contributed by atoms with Crippen LogP contribution in [0.5, 0.6) is 11.5 Å². The van der Waals surface area contributed by atoms with E-state index >= 15 is 0 Å². The number of esters is 1. The van der Waals surface area contributed by atoms with Gasteiger partial charge in [-0.1, -0.05) is 0 Å². The fourth-order valence-electron chi connectivity index (χ4n) is 3.11. The highest BCUT2D eigenvalue weighted by Gasteiger charge is 2.38. The number of ketones is 1. The molecule has 1 aliphatic heterocycles. The molecule has 0 unspecified atom stereocenters. The lowest BCUT2D eigenvalue weighted by atomic mass is 10.1. The molecule has 2 aromatic rings. The number of fused-ring (bicyclic) bond motifs is 1. The highest BCUT2D eigenvalue weighted by atomic mass is 32.1. The van der Waals surface area contributed by atoms with Gasteiger partial charge in [0.05, 0.1) is 18.0 Å². The highest BCUT2D eigenvalue weighted by Crippen LogP contribution is 2.29. The second-order valence-corrected chi connectivity index (χ2v) is 8.97. The van der Waals surface area contributed by atoms with E-state index in [0.29, 0.717) is 4.88 Å². The van der Waals surface area contributed by atoms with Crippen molar-refractivity contribution >= 4 is 40.9 Å². The first-order chi connectivity index (χ1) is 18.8. The fourth-order valence-corrected chi connectivity index (χ4v) is 4.20. The summed E-state index contributed by atoms with van der Waals surface area (Å²) in [7, 11) is 0. The van der Waals surface area contributed by atoms with E-state index in [9.17, 15) is 32.3 Å². The van der Waals surface area contributed by atoms with Gasteiger partial charge in [0.15, 0.2) is 30.5 Å². The maximum absolute atomic E-state index is 12.6. The first-order valence-corrected chi connectivity index (χ1v) is 12.3. The number of aliphatic carboxylic acids is 2. The smallest absolute Gasteiger partial charge is 0.479 e. The van der Waals surface area contributed by atoms with Crippen molar-refractivity contribution in [3.8, 4) is 11.5 Å². The van der Waals surface area contributed by atoms with Crippen LogP contribution in [0.15, 0.2) is 24.3 Å². The number of hydrogen-bond acceptors (Lipinski definition) is 10. The molecule has 1 aromatic carbocycles. The molecule has 0 atom stereocenters. The van der Waals surface area contributed by atoms with Crippen LogP contribution < -0.4 is 20.1 Å². The zero-order valence-electron chi connectivity index (χ0n) is 21.0. The van der Waals surface area contributed by atoms with Gasteiger partial charge in [-0.25, -0.2) is 14.4 Å². The minimum absolute atomic E-state index is 0.0138. The zero-order valence-corrected chi connectivity index (χ0v) is 21.8. The summed E-state index contributed by atoms with van der Waals surface area (Å²) < 4.78 is 47.1. The Balaban J connectivity index is 0.000000708. The summed E-state index contributed by atoms with van der Waals surface area (Å²) in [6.07, 6.45) is -4.21. The SMILES string of the molecule is CCOC(=O)COc1cc(C(=O)CNC(=O)c2cc3c(s2)CCNC3)ccc1OCC(=O)O.O=C(O)C(F)(F)F. The van der Waals surface area contributed by atoms with Gasteiger partial charge in [0.25, 0.3) is 5.91 Å². The van der Waals surface area contributed by atoms with Crippen LogP contribution >= 0.6 is 11.3 Å². The normalized spacial score (nSPS) is 12.2. The van der Waals surface area contributed by atoms with Crippen LogP contribution in [0.25, 0.3) is 0 Å². The molecule has 0 spiro atoms. The van der Waals surface area contributed by atoms with E-state index in [2.05, 4.69) is 10.6 Å². The molecular weight excluding hydrogens is 565 g/mol. The molecule has 218 valence electrons. The summed E-state index contributed by atoms with van der Waals surface area (Å²) in [6, 6.07) is 5.97. The third-order valence-electron chi connectivity index (χ3n) is 4.88. The largest absolute Gasteiger partial charge is 0.490 e. The lowest BCUT2D eigenvalue weighted by molar-refractivity contribution is -0.192. The molecule has 0 aliphatic carbocycles.